The average Bonchev–Trinajstić information content (AvgIpc) is 2.53. The molecule has 1 saturated carbocycles. The van der Waals surface area contributed by atoms with E-state index in [9.17, 15) is 29.9 Å². The van der Waals surface area contributed by atoms with E-state index >= 15 is 0 Å². The zero-order valence-electron chi connectivity index (χ0n) is 14.9. The molecule has 142 valence electrons. The predicted octanol–water partition coefficient (Wildman–Crippen LogP) is 2.84. The number of hydrogen-bond acceptors (Lipinski definition) is 5. The number of carboxylic acids is 1. The molecule has 0 aliphatic heterocycles. The number of Topliss-reactive ketones (excluding diaryl/α,β-unsaturated/α-hetero) is 1. The van der Waals surface area contributed by atoms with E-state index in [0.29, 0.717) is 0 Å². The van der Waals surface area contributed by atoms with Crippen molar-refractivity contribution in [2.24, 2.45) is 5.41 Å². The van der Waals surface area contributed by atoms with Crippen LogP contribution in [0.5, 0.6) is 0 Å². The molecule has 0 aromatic heterocycles. The molecule has 0 saturated heterocycles. The lowest BCUT2D eigenvalue weighted by Crippen LogP contribution is -2.71. The van der Waals surface area contributed by atoms with Gasteiger partial charge in [-0.15, -0.1) is 0 Å². The fraction of sp³-hybridized carbons (Fsp3) is 0.556. The van der Waals surface area contributed by atoms with Gasteiger partial charge in [0.1, 0.15) is 16.8 Å². The largest absolute Gasteiger partial charge is 0.480 e. The van der Waals surface area contributed by atoms with Crippen molar-refractivity contribution in [3.05, 3.63) is 45.0 Å². The molecule has 0 amide bonds. The van der Waals surface area contributed by atoms with Crippen LogP contribution in [0.3, 0.4) is 0 Å². The van der Waals surface area contributed by atoms with E-state index in [0.717, 1.165) is 6.92 Å². The van der Waals surface area contributed by atoms with Crippen molar-refractivity contribution in [1.82, 2.24) is 0 Å². The first-order chi connectivity index (χ1) is 12.0. The summed E-state index contributed by atoms with van der Waals surface area (Å²) in [6.07, 6.45) is -0.449. The van der Waals surface area contributed by atoms with Gasteiger partial charge in [0, 0.05) is 9.95 Å². The van der Waals surface area contributed by atoms with Crippen LogP contribution in [0.15, 0.2) is 24.3 Å². The second kappa shape index (κ2) is 6.63. The molecule has 0 spiro atoms. The fourth-order valence-corrected chi connectivity index (χ4v) is 5.10. The average molecular weight is 384 g/mol. The Bertz CT molecular complexity index is 748. The second-order valence-electron chi connectivity index (χ2n) is 7.12. The summed E-state index contributed by atoms with van der Waals surface area (Å²) in [5.74, 6) is -2.12. The van der Waals surface area contributed by atoms with Gasteiger partial charge in [0.05, 0.1) is 5.41 Å². The van der Waals surface area contributed by atoms with Crippen molar-refractivity contribution in [3.63, 3.8) is 0 Å². The third-order valence-electron chi connectivity index (χ3n) is 5.91. The van der Waals surface area contributed by atoms with Crippen LogP contribution in [0, 0.1) is 15.5 Å². The molecule has 0 unspecified atom stereocenters. The minimum atomic E-state index is -2.06. The molecular formula is C18H22ClNO6. The van der Waals surface area contributed by atoms with Crippen molar-refractivity contribution < 1.29 is 24.7 Å². The highest BCUT2D eigenvalue weighted by atomic mass is 35.5. The smallest absolute Gasteiger partial charge is 0.318 e. The number of ketones is 1. The molecule has 0 heterocycles. The number of nitrogens with zero attached hydrogens (tertiary/aromatic N) is 1. The van der Waals surface area contributed by atoms with Gasteiger partial charge in [0.2, 0.25) is 0 Å². The number of aliphatic carboxylic acids is 1. The monoisotopic (exact) mass is 383 g/mol. The lowest BCUT2D eigenvalue weighted by Gasteiger charge is -2.54. The Morgan fingerprint density at radius 1 is 1.35 bits per heavy atom. The summed E-state index contributed by atoms with van der Waals surface area (Å²) < 4.78 is 0. The number of aliphatic hydroxyl groups is 1. The number of rotatable bonds is 5. The minimum Gasteiger partial charge on any atom is -0.480 e. The highest BCUT2D eigenvalue weighted by Gasteiger charge is 2.74. The third kappa shape index (κ3) is 2.53. The molecule has 0 radical (unpaired) electrons. The number of nitro groups is 1. The van der Waals surface area contributed by atoms with Gasteiger partial charge in [-0.1, -0.05) is 36.7 Å². The van der Waals surface area contributed by atoms with Gasteiger partial charge in [0.25, 0.3) is 6.04 Å². The minimum absolute atomic E-state index is 0.0512. The summed E-state index contributed by atoms with van der Waals surface area (Å²) in [5.41, 5.74) is -5.46. The number of benzene rings is 1. The van der Waals surface area contributed by atoms with Gasteiger partial charge in [-0.25, -0.2) is 0 Å². The van der Waals surface area contributed by atoms with Gasteiger partial charge in [-0.2, -0.15) is 0 Å². The predicted molar refractivity (Wildman–Crippen MR) is 94.8 cm³/mol. The van der Waals surface area contributed by atoms with Gasteiger partial charge >= 0.3 is 5.97 Å². The molecule has 1 aromatic rings. The topological polar surface area (TPSA) is 118 Å². The summed E-state index contributed by atoms with van der Waals surface area (Å²) in [6.45, 7) is 4.03. The molecule has 4 atom stereocenters. The van der Waals surface area contributed by atoms with Crippen LogP contribution in [-0.4, -0.2) is 38.5 Å². The van der Waals surface area contributed by atoms with E-state index in [4.69, 9.17) is 11.6 Å². The molecule has 7 nitrogen and oxygen atoms in total. The lowest BCUT2D eigenvalue weighted by molar-refractivity contribution is -0.565. The van der Waals surface area contributed by atoms with Gasteiger partial charge in [-0.05, 0) is 44.7 Å². The first-order valence-electron chi connectivity index (χ1n) is 8.34. The molecule has 2 rings (SSSR count). The van der Waals surface area contributed by atoms with Crippen molar-refractivity contribution in [1.29, 1.82) is 0 Å². The zero-order chi connectivity index (χ0) is 19.9. The third-order valence-corrected chi connectivity index (χ3v) is 6.24. The summed E-state index contributed by atoms with van der Waals surface area (Å²) in [6, 6.07) is 4.50. The van der Waals surface area contributed by atoms with Crippen LogP contribution in [0.25, 0.3) is 0 Å². The van der Waals surface area contributed by atoms with Crippen LogP contribution in [-0.2, 0) is 15.0 Å². The number of halogens is 1. The zero-order valence-corrected chi connectivity index (χ0v) is 15.6. The van der Waals surface area contributed by atoms with Crippen LogP contribution >= 0.6 is 11.6 Å². The lowest BCUT2D eigenvalue weighted by atomic mass is 9.46. The maximum absolute atomic E-state index is 12.7. The van der Waals surface area contributed by atoms with E-state index in [1.807, 2.05) is 0 Å². The van der Waals surface area contributed by atoms with E-state index in [2.05, 4.69) is 0 Å². The van der Waals surface area contributed by atoms with Crippen molar-refractivity contribution in [2.45, 2.75) is 57.1 Å². The fourth-order valence-electron chi connectivity index (χ4n) is 4.80. The number of carbonyl (C=O) groups excluding carboxylic acids is 1. The molecule has 1 aliphatic carbocycles. The molecule has 26 heavy (non-hydrogen) atoms. The Kier molecular flexibility index (Phi) is 5.18. The molecule has 0 bridgehead atoms. The first kappa shape index (κ1) is 20.3. The molecule has 1 aromatic carbocycles. The van der Waals surface area contributed by atoms with E-state index in [1.165, 1.54) is 19.1 Å². The van der Waals surface area contributed by atoms with Gasteiger partial charge in [0.15, 0.2) is 0 Å². The van der Waals surface area contributed by atoms with Crippen molar-refractivity contribution in [3.8, 4) is 0 Å². The van der Waals surface area contributed by atoms with Gasteiger partial charge in [-0.3, -0.25) is 19.7 Å². The van der Waals surface area contributed by atoms with Gasteiger partial charge < -0.3 is 10.2 Å². The number of carbonyl (C=O) groups is 2. The van der Waals surface area contributed by atoms with Crippen molar-refractivity contribution in [2.75, 3.05) is 0 Å². The Hall–Kier alpha value is -1.99. The summed E-state index contributed by atoms with van der Waals surface area (Å²) in [4.78, 5) is 36.4. The van der Waals surface area contributed by atoms with Crippen LogP contribution in [0.2, 0.25) is 5.02 Å². The van der Waals surface area contributed by atoms with Crippen LogP contribution in [0.1, 0.15) is 45.6 Å². The SMILES string of the molecule is CC[C@@]1(c2ccccc2Cl)[C@H]([N+](=O)[O-])[C@](C)(O)CC[C@@]1(C(C)=O)C(=O)O. The Balaban J connectivity index is 3.04. The normalized spacial score (nSPS) is 34.3. The van der Waals surface area contributed by atoms with E-state index < -0.39 is 39.1 Å². The Morgan fingerprint density at radius 3 is 2.35 bits per heavy atom. The highest BCUT2D eigenvalue weighted by molar-refractivity contribution is 6.31. The van der Waals surface area contributed by atoms with Crippen LogP contribution < -0.4 is 0 Å². The number of carboxylic acid groups (broad SMARTS) is 1. The first-order valence-corrected chi connectivity index (χ1v) is 8.72. The van der Waals surface area contributed by atoms with Crippen molar-refractivity contribution >= 4 is 23.4 Å². The second-order valence-corrected chi connectivity index (χ2v) is 7.52. The molecule has 1 fully saturated rings. The summed E-state index contributed by atoms with van der Waals surface area (Å²) >= 11 is 6.32. The number of hydrogen-bond donors (Lipinski definition) is 2. The summed E-state index contributed by atoms with van der Waals surface area (Å²) in [5, 5.41) is 33.1. The maximum atomic E-state index is 12.7. The molecular weight excluding hydrogens is 362 g/mol. The summed E-state index contributed by atoms with van der Waals surface area (Å²) in [7, 11) is 0. The van der Waals surface area contributed by atoms with E-state index in [1.54, 1.807) is 19.1 Å². The molecule has 2 N–H and O–H groups in total. The Labute approximate surface area is 156 Å². The maximum Gasteiger partial charge on any atom is 0.318 e. The quantitative estimate of drug-likeness (QED) is 0.458. The van der Waals surface area contributed by atoms with E-state index in [-0.39, 0.29) is 29.8 Å². The molecule has 8 heteroatoms. The van der Waals surface area contributed by atoms with Crippen LogP contribution in [0.4, 0.5) is 0 Å². The highest BCUT2D eigenvalue weighted by Crippen LogP contribution is 2.59. The standard InChI is InChI=1S/C18H22ClNO6/c1-4-17(12-7-5-6-8-13(12)19)14(20(25)26)16(3,24)9-10-18(17,11(2)21)15(22)23/h5-8,14,24H,4,9-10H2,1-3H3,(H,22,23)/t14-,16-,17-,18-/m1/s1. The molecule has 1 aliphatic rings. The Morgan fingerprint density at radius 2 is 1.92 bits per heavy atom.